The van der Waals surface area contributed by atoms with Crippen molar-refractivity contribution in [2.75, 3.05) is 18.4 Å². The Morgan fingerprint density at radius 1 is 1.33 bits per heavy atom. The van der Waals surface area contributed by atoms with E-state index in [0.29, 0.717) is 6.04 Å². The topological polar surface area (TPSA) is 67.7 Å². The summed E-state index contributed by atoms with van der Waals surface area (Å²) in [5.74, 6) is 0. The molecule has 0 bridgehead atoms. The summed E-state index contributed by atoms with van der Waals surface area (Å²) in [6.07, 6.45) is 4.02. The highest BCUT2D eigenvalue weighted by atomic mass is 15.5. The molecule has 2 heterocycles. The molecule has 0 aliphatic carbocycles. The molecule has 2 N–H and O–H groups in total. The molecule has 6 heteroatoms. The Kier molecular flexibility index (Phi) is 3.18. The van der Waals surface area contributed by atoms with Crippen LogP contribution in [-0.2, 0) is 0 Å². The minimum atomic E-state index is 0.469. The number of tetrazole rings is 1. The first-order valence-corrected chi connectivity index (χ1v) is 6.23. The molecular formula is C12H16N6. The lowest BCUT2D eigenvalue weighted by Gasteiger charge is -2.25. The zero-order chi connectivity index (χ0) is 12.2. The van der Waals surface area contributed by atoms with Crippen molar-refractivity contribution >= 4 is 5.69 Å². The highest BCUT2D eigenvalue weighted by Gasteiger charge is 2.14. The zero-order valence-corrected chi connectivity index (χ0v) is 10.1. The van der Waals surface area contributed by atoms with E-state index < -0.39 is 0 Å². The number of rotatable bonds is 3. The molecule has 1 aromatic carbocycles. The largest absolute Gasteiger partial charge is 0.379 e. The van der Waals surface area contributed by atoms with Gasteiger partial charge in [0, 0.05) is 12.6 Å². The summed E-state index contributed by atoms with van der Waals surface area (Å²) in [6.45, 7) is 2.12. The number of anilines is 1. The van der Waals surface area contributed by atoms with Gasteiger partial charge in [-0.05, 0) is 41.9 Å². The predicted molar refractivity (Wildman–Crippen MR) is 68.7 cm³/mol. The van der Waals surface area contributed by atoms with Crippen LogP contribution in [0.1, 0.15) is 12.8 Å². The van der Waals surface area contributed by atoms with E-state index in [-0.39, 0.29) is 0 Å². The van der Waals surface area contributed by atoms with E-state index in [1.165, 1.54) is 12.8 Å². The van der Waals surface area contributed by atoms with E-state index in [4.69, 9.17) is 0 Å². The fourth-order valence-electron chi connectivity index (χ4n) is 2.26. The van der Waals surface area contributed by atoms with E-state index in [0.717, 1.165) is 24.5 Å². The quantitative estimate of drug-likeness (QED) is 0.837. The van der Waals surface area contributed by atoms with Gasteiger partial charge in [-0.2, -0.15) is 4.68 Å². The second-order valence-corrected chi connectivity index (χ2v) is 4.46. The Labute approximate surface area is 105 Å². The number of piperidine rings is 1. The first-order valence-electron chi connectivity index (χ1n) is 6.23. The summed E-state index contributed by atoms with van der Waals surface area (Å²) in [5.41, 5.74) is 2.05. The molecule has 2 aromatic rings. The lowest BCUT2D eigenvalue weighted by molar-refractivity contribution is 0.479. The van der Waals surface area contributed by atoms with Crippen LogP contribution < -0.4 is 10.6 Å². The molecule has 18 heavy (non-hydrogen) atoms. The first kappa shape index (κ1) is 11.2. The Hall–Kier alpha value is -1.95. The Bertz CT molecular complexity index is 489. The fraction of sp³-hybridized carbons (Fsp3) is 0.417. The van der Waals surface area contributed by atoms with E-state index in [9.17, 15) is 0 Å². The van der Waals surface area contributed by atoms with Crippen molar-refractivity contribution in [2.24, 2.45) is 0 Å². The fourth-order valence-corrected chi connectivity index (χ4v) is 2.26. The van der Waals surface area contributed by atoms with Crippen molar-refractivity contribution in [2.45, 2.75) is 18.9 Å². The van der Waals surface area contributed by atoms with E-state index in [1.807, 2.05) is 18.2 Å². The van der Waals surface area contributed by atoms with Crippen LogP contribution >= 0.6 is 0 Å². The number of nitrogens with zero attached hydrogens (tertiary/aromatic N) is 4. The number of nitrogens with one attached hydrogen (secondary N) is 2. The van der Waals surface area contributed by atoms with E-state index in [1.54, 1.807) is 11.0 Å². The molecule has 1 aliphatic rings. The molecule has 1 aromatic heterocycles. The summed E-state index contributed by atoms with van der Waals surface area (Å²) in [4.78, 5) is 0. The number of aromatic nitrogens is 4. The number of benzene rings is 1. The average molecular weight is 244 g/mol. The van der Waals surface area contributed by atoms with Crippen LogP contribution in [-0.4, -0.2) is 39.3 Å². The Morgan fingerprint density at radius 3 is 3.06 bits per heavy atom. The number of hydrogen-bond acceptors (Lipinski definition) is 5. The minimum absolute atomic E-state index is 0.469. The van der Waals surface area contributed by atoms with Crippen molar-refractivity contribution in [1.82, 2.24) is 25.5 Å². The second kappa shape index (κ2) is 5.14. The van der Waals surface area contributed by atoms with Crippen LogP contribution in [0.3, 0.4) is 0 Å². The maximum Gasteiger partial charge on any atom is 0.143 e. The maximum absolute atomic E-state index is 3.94. The Morgan fingerprint density at radius 2 is 2.28 bits per heavy atom. The van der Waals surface area contributed by atoms with E-state index in [2.05, 4.69) is 32.2 Å². The molecule has 3 rings (SSSR count). The number of hydrogen-bond donors (Lipinski definition) is 2. The normalized spacial score (nSPS) is 19.7. The highest BCUT2D eigenvalue weighted by Crippen LogP contribution is 2.20. The van der Waals surface area contributed by atoms with Gasteiger partial charge < -0.3 is 10.6 Å². The molecule has 1 unspecified atom stereocenters. The van der Waals surface area contributed by atoms with Gasteiger partial charge in [0.25, 0.3) is 0 Å². The van der Waals surface area contributed by atoms with Crippen LogP contribution in [0.15, 0.2) is 30.6 Å². The molecule has 0 saturated carbocycles. The predicted octanol–water partition coefficient (Wildman–Crippen LogP) is 0.826. The van der Waals surface area contributed by atoms with Gasteiger partial charge in [-0.25, -0.2) is 0 Å². The second-order valence-electron chi connectivity index (χ2n) is 4.46. The van der Waals surface area contributed by atoms with Crippen molar-refractivity contribution in [3.8, 4) is 5.69 Å². The van der Waals surface area contributed by atoms with Gasteiger partial charge >= 0.3 is 0 Å². The van der Waals surface area contributed by atoms with E-state index >= 15 is 0 Å². The lowest BCUT2D eigenvalue weighted by Crippen LogP contribution is -2.38. The summed E-state index contributed by atoms with van der Waals surface area (Å²) >= 11 is 0. The van der Waals surface area contributed by atoms with Crippen LogP contribution in [0.5, 0.6) is 0 Å². The molecule has 94 valence electrons. The average Bonchev–Trinajstić information content (AvgIpc) is 2.94. The molecule has 1 fully saturated rings. The third-order valence-electron chi connectivity index (χ3n) is 3.16. The summed E-state index contributed by atoms with van der Waals surface area (Å²) in [6, 6.07) is 8.55. The smallest absolute Gasteiger partial charge is 0.143 e. The standard InChI is InChI=1S/C12H16N6/c1-2-6-12(18-9-14-16-17-18)11(5-1)15-10-4-3-7-13-8-10/h1-2,5-6,9-10,13,15H,3-4,7-8H2. The van der Waals surface area contributed by atoms with Crippen LogP contribution in [0, 0.1) is 0 Å². The summed E-state index contributed by atoms with van der Waals surface area (Å²) in [7, 11) is 0. The van der Waals surface area contributed by atoms with Crippen molar-refractivity contribution in [3.05, 3.63) is 30.6 Å². The maximum atomic E-state index is 3.94. The van der Waals surface area contributed by atoms with Gasteiger partial charge in [-0.3, -0.25) is 0 Å². The van der Waals surface area contributed by atoms with Crippen LogP contribution in [0.2, 0.25) is 0 Å². The lowest BCUT2D eigenvalue weighted by atomic mass is 10.1. The molecule has 6 nitrogen and oxygen atoms in total. The van der Waals surface area contributed by atoms with Crippen molar-refractivity contribution in [1.29, 1.82) is 0 Å². The minimum Gasteiger partial charge on any atom is -0.379 e. The van der Waals surface area contributed by atoms with Gasteiger partial charge in [-0.1, -0.05) is 12.1 Å². The van der Waals surface area contributed by atoms with Crippen molar-refractivity contribution in [3.63, 3.8) is 0 Å². The molecule has 0 amide bonds. The number of para-hydroxylation sites is 2. The van der Waals surface area contributed by atoms with Gasteiger partial charge in [-0.15, -0.1) is 5.10 Å². The van der Waals surface area contributed by atoms with Crippen LogP contribution in [0.4, 0.5) is 5.69 Å². The van der Waals surface area contributed by atoms with Gasteiger partial charge in [0.05, 0.1) is 11.4 Å². The zero-order valence-electron chi connectivity index (χ0n) is 10.1. The molecule has 1 atom stereocenters. The third kappa shape index (κ3) is 2.33. The monoisotopic (exact) mass is 244 g/mol. The van der Waals surface area contributed by atoms with Crippen molar-refractivity contribution < 1.29 is 0 Å². The van der Waals surface area contributed by atoms with Gasteiger partial charge in [0.2, 0.25) is 0 Å². The summed E-state index contributed by atoms with van der Waals surface area (Å²) in [5, 5.41) is 18.3. The SMILES string of the molecule is c1ccc(-n2cnnn2)c(NC2CCCNC2)c1. The molecular weight excluding hydrogens is 228 g/mol. The molecule has 0 radical (unpaired) electrons. The molecule has 0 spiro atoms. The molecule has 1 saturated heterocycles. The summed E-state index contributed by atoms with van der Waals surface area (Å²) < 4.78 is 1.68. The van der Waals surface area contributed by atoms with Gasteiger partial charge in [0.15, 0.2) is 0 Å². The molecule has 1 aliphatic heterocycles. The first-order chi connectivity index (χ1) is 8.93. The third-order valence-corrected chi connectivity index (χ3v) is 3.16. The van der Waals surface area contributed by atoms with Crippen LogP contribution in [0.25, 0.3) is 5.69 Å². The highest BCUT2D eigenvalue weighted by molar-refractivity contribution is 5.60. The van der Waals surface area contributed by atoms with Gasteiger partial charge in [0.1, 0.15) is 6.33 Å². The Balaban J connectivity index is 1.83.